The summed E-state index contributed by atoms with van der Waals surface area (Å²) in [5.41, 5.74) is 4.00. The van der Waals surface area contributed by atoms with E-state index in [4.69, 9.17) is 11.6 Å². The van der Waals surface area contributed by atoms with E-state index in [0.717, 1.165) is 15.7 Å². The number of rotatable bonds is 9. The molecular formula is C18H14ClN5O3S3. The van der Waals surface area contributed by atoms with Gasteiger partial charge in [-0.3, -0.25) is 14.9 Å². The van der Waals surface area contributed by atoms with Crippen LogP contribution >= 0.6 is 46.5 Å². The molecule has 8 nitrogen and oxygen atoms in total. The number of non-ortho nitro benzene ring substituents is 1. The number of benzene rings is 2. The first-order valence-electron chi connectivity index (χ1n) is 8.39. The molecule has 0 unspecified atom stereocenters. The lowest BCUT2D eigenvalue weighted by atomic mass is 10.2. The van der Waals surface area contributed by atoms with Crippen LogP contribution in [0.1, 0.15) is 11.1 Å². The van der Waals surface area contributed by atoms with Crippen molar-refractivity contribution >= 4 is 64.3 Å². The minimum atomic E-state index is -0.489. The SMILES string of the molecule is O=C(CSc1nnc(SCc2ccc(Cl)cc2)s1)N/N=C\c1cccc([N+](=O)[O-])c1. The largest absolute Gasteiger partial charge is 0.272 e. The van der Waals surface area contributed by atoms with Crippen molar-refractivity contribution in [1.82, 2.24) is 15.6 Å². The molecule has 0 aliphatic heterocycles. The van der Waals surface area contributed by atoms with Crippen molar-refractivity contribution in [1.29, 1.82) is 0 Å². The Balaban J connectivity index is 1.42. The molecule has 3 aromatic rings. The topological polar surface area (TPSA) is 110 Å². The second kappa shape index (κ2) is 11.1. The van der Waals surface area contributed by atoms with Crippen molar-refractivity contribution in [2.75, 3.05) is 5.75 Å². The Hall–Kier alpha value is -2.47. The summed E-state index contributed by atoms with van der Waals surface area (Å²) in [4.78, 5) is 22.2. The zero-order valence-corrected chi connectivity index (χ0v) is 18.4. The Bertz CT molecular complexity index is 1060. The molecule has 3 rings (SSSR count). The molecule has 0 radical (unpaired) electrons. The summed E-state index contributed by atoms with van der Waals surface area (Å²) in [7, 11) is 0. The average Bonchev–Trinajstić information content (AvgIpc) is 3.20. The molecule has 0 saturated heterocycles. The number of carbonyl (C=O) groups is 1. The predicted octanol–water partition coefficient (Wildman–Crippen LogP) is 4.63. The molecule has 2 aromatic carbocycles. The van der Waals surface area contributed by atoms with Crippen LogP contribution in [0.5, 0.6) is 0 Å². The van der Waals surface area contributed by atoms with E-state index < -0.39 is 4.92 Å². The Morgan fingerprint density at radius 3 is 2.67 bits per heavy atom. The molecule has 0 atom stereocenters. The highest BCUT2D eigenvalue weighted by Gasteiger charge is 2.09. The number of aromatic nitrogens is 2. The van der Waals surface area contributed by atoms with Gasteiger partial charge in [-0.25, -0.2) is 5.43 Å². The van der Waals surface area contributed by atoms with Gasteiger partial charge in [-0.05, 0) is 17.7 Å². The van der Waals surface area contributed by atoms with Crippen LogP contribution in [0.15, 0.2) is 62.3 Å². The fraction of sp³-hybridized carbons (Fsp3) is 0.111. The van der Waals surface area contributed by atoms with Crippen LogP contribution in [0.4, 0.5) is 5.69 Å². The standard InChI is InChI=1S/C18H14ClN5O3S3/c19-14-6-4-12(5-7-14)10-28-17-22-23-18(30-17)29-11-16(25)21-20-9-13-2-1-3-15(8-13)24(26)27/h1-9H,10-11H2,(H,21,25)/b20-9-. The number of nitrogens with one attached hydrogen (secondary N) is 1. The fourth-order valence-corrected chi connectivity index (χ4v) is 4.99. The molecule has 154 valence electrons. The number of carbonyl (C=O) groups excluding carboxylic acids is 1. The molecular weight excluding hydrogens is 466 g/mol. The summed E-state index contributed by atoms with van der Waals surface area (Å²) in [6, 6.07) is 13.6. The molecule has 0 spiro atoms. The number of hydrazone groups is 1. The smallest absolute Gasteiger partial charge is 0.270 e. The van der Waals surface area contributed by atoms with Crippen LogP contribution in [-0.2, 0) is 10.5 Å². The van der Waals surface area contributed by atoms with Gasteiger partial charge in [0.1, 0.15) is 0 Å². The Kier molecular flexibility index (Phi) is 8.20. The van der Waals surface area contributed by atoms with Crippen molar-refractivity contribution in [2.45, 2.75) is 14.4 Å². The maximum atomic E-state index is 11.9. The van der Waals surface area contributed by atoms with Gasteiger partial charge in [0, 0.05) is 28.5 Å². The van der Waals surface area contributed by atoms with Gasteiger partial charge in [0.25, 0.3) is 11.6 Å². The zero-order chi connectivity index (χ0) is 21.3. The van der Waals surface area contributed by atoms with Crippen molar-refractivity contribution < 1.29 is 9.72 Å². The van der Waals surface area contributed by atoms with E-state index in [2.05, 4.69) is 20.7 Å². The number of amides is 1. The van der Waals surface area contributed by atoms with Crippen molar-refractivity contribution in [3.8, 4) is 0 Å². The number of hydrogen-bond donors (Lipinski definition) is 1. The van der Waals surface area contributed by atoms with Gasteiger partial charge >= 0.3 is 0 Å². The summed E-state index contributed by atoms with van der Waals surface area (Å²) < 4.78 is 1.50. The third-order valence-electron chi connectivity index (χ3n) is 3.47. The molecule has 0 saturated carbocycles. The predicted molar refractivity (Wildman–Crippen MR) is 120 cm³/mol. The highest BCUT2D eigenvalue weighted by atomic mass is 35.5. The molecule has 0 bridgehead atoms. The number of nitrogens with zero attached hydrogens (tertiary/aromatic N) is 4. The van der Waals surface area contributed by atoms with E-state index in [0.29, 0.717) is 14.9 Å². The fourth-order valence-electron chi connectivity index (χ4n) is 2.10. The van der Waals surface area contributed by atoms with Gasteiger partial charge in [-0.15, -0.1) is 10.2 Å². The third kappa shape index (κ3) is 7.10. The van der Waals surface area contributed by atoms with Crippen molar-refractivity contribution in [3.63, 3.8) is 0 Å². The average molecular weight is 480 g/mol. The normalized spacial score (nSPS) is 11.0. The van der Waals surface area contributed by atoms with Gasteiger partial charge in [0.2, 0.25) is 0 Å². The first-order valence-corrected chi connectivity index (χ1v) is 11.6. The minimum absolute atomic E-state index is 0.0400. The molecule has 1 heterocycles. The highest BCUT2D eigenvalue weighted by Crippen LogP contribution is 2.30. The summed E-state index contributed by atoms with van der Waals surface area (Å²) in [6.07, 6.45) is 1.35. The van der Waals surface area contributed by atoms with Gasteiger partial charge in [0.05, 0.1) is 16.9 Å². The van der Waals surface area contributed by atoms with E-state index in [1.807, 2.05) is 24.3 Å². The molecule has 0 aliphatic carbocycles. The van der Waals surface area contributed by atoms with Crippen molar-refractivity contribution in [3.05, 3.63) is 74.8 Å². The van der Waals surface area contributed by atoms with Crippen LogP contribution in [0.2, 0.25) is 5.02 Å². The van der Waals surface area contributed by atoms with Crippen LogP contribution in [0.3, 0.4) is 0 Å². The molecule has 12 heteroatoms. The van der Waals surface area contributed by atoms with E-state index in [9.17, 15) is 14.9 Å². The lowest BCUT2D eigenvalue weighted by molar-refractivity contribution is -0.384. The second-order valence-electron chi connectivity index (χ2n) is 5.68. The Labute approximate surface area is 189 Å². The van der Waals surface area contributed by atoms with E-state index in [-0.39, 0.29) is 17.3 Å². The highest BCUT2D eigenvalue weighted by molar-refractivity contribution is 8.03. The Morgan fingerprint density at radius 2 is 1.93 bits per heavy atom. The molecule has 30 heavy (non-hydrogen) atoms. The van der Waals surface area contributed by atoms with E-state index in [1.54, 1.807) is 23.9 Å². The van der Waals surface area contributed by atoms with Crippen LogP contribution < -0.4 is 5.43 Å². The van der Waals surface area contributed by atoms with Gasteiger partial charge in [-0.2, -0.15) is 5.10 Å². The van der Waals surface area contributed by atoms with Crippen LogP contribution in [0.25, 0.3) is 0 Å². The van der Waals surface area contributed by atoms with Gasteiger partial charge < -0.3 is 0 Å². The number of hydrogen-bond acceptors (Lipinski definition) is 9. The van der Waals surface area contributed by atoms with Crippen molar-refractivity contribution in [2.24, 2.45) is 5.10 Å². The molecule has 1 amide bonds. The van der Waals surface area contributed by atoms with Gasteiger partial charge in [-0.1, -0.05) is 70.7 Å². The van der Waals surface area contributed by atoms with Crippen LogP contribution in [-0.4, -0.2) is 33.0 Å². The molecule has 0 fully saturated rings. The zero-order valence-electron chi connectivity index (χ0n) is 15.2. The third-order valence-corrected chi connectivity index (χ3v) is 6.99. The summed E-state index contributed by atoms with van der Waals surface area (Å²) in [5.74, 6) is 0.568. The molecule has 0 aliphatic rings. The monoisotopic (exact) mass is 479 g/mol. The number of nitro benzene ring substituents is 1. The minimum Gasteiger partial charge on any atom is -0.272 e. The first kappa shape index (κ1) is 22.2. The van der Waals surface area contributed by atoms with E-state index in [1.165, 1.54) is 41.4 Å². The summed E-state index contributed by atoms with van der Waals surface area (Å²) in [5, 5.41) is 23.5. The number of halogens is 1. The quantitative estimate of drug-likeness (QED) is 0.206. The number of nitro groups is 1. The summed E-state index contributed by atoms with van der Waals surface area (Å²) in [6.45, 7) is 0. The lowest BCUT2D eigenvalue weighted by Gasteiger charge is -1.98. The molecule has 1 N–H and O–H groups in total. The maximum absolute atomic E-state index is 11.9. The van der Waals surface area contributed by atoms with Crippen LogP contribution in [0, 0.1) is 10.1 Å². The maximum Gasteiger partial charge on any atom is 0.270 e. The summed E-state index contributed by atoms with van der Waals surface area (Å²) >= 11 is 10.1. The van der Waals surface area contributed by atoms with Gasteiger partial charge in [0.15, 0.2) is 8.68 Å². The Morgan fingerprint density at radius 1 is 1.20 bits per heavy atom. The first-order chi connectivity index (χ1) is 14.5. The molecule has 1 aromatic heterocycles. The lowest BCUT2D eigenvalue weighted by Crippen LogP contribution is -2.19. The van der Waals surface area contributed by atoms with E-state index >= 15 is 0 Å². The second-order valence-corrected chi connectivity index (χ2v) is 9.54. The number of thioether (sulfide) groups is 2.